The summed E-state index contributed by atoms with van der Waals surface area (Å²) < 4.78 is 38.7. The van der Waals surface area contributed by atoms with Crippen LogP contribution < -0.4 is 0 Å². The summed E-state index contributed by atoms with van der Waals surface area (Å²) in [6, 6.07) is 9.32. The number of halogens is 3. The van der Waals surface area contributed by atoms with Gasteiger partial charge in [0.2, 0.25) is 5.82 Å². The maximum Gasteiger partial charge on any atom is 0.416 e. The van der Waals surface area contributed by atoms with E-state index in [2.05, 4.69) is 15.4 Å². The normalized spacial score (nSPS) is 11.5. The molecule has 0 aliphatic carbocycles. The van der Waals surface area contributed by atoms with Crippen LogP contribution in [0.4, 0.5) is 13.2 Å². The van der Waals surface area contributed by atoms with Gasteiger partial charge in [-0.2, -0.15) is 18.0 Å². The predicted octanol–water partition coefficient (Wildman–Crippen LogP) is 3.18. The number of carbonyl (C=O) groups is 1. The fraction of sp³-hybridized carbons (Fsp3) is 0.176. The molecule has 2 aromatic carbocycles. The number of aromatic nitrogens is 4. The number of aryl methyl sites for hydroxylation is 1. The number of aromatic carboxylic acids is 1. The first-order chi connectivity index (χ1) is 12.2. The molecule has 1 N–H and O–H groups in total. The lowest BCUT2D eigenvalue weighted by atomic mass is 9.96. The molecule has 3 aromatic rings. The average molecular weight is 362 g/mol. The molecule has 1 aromatic heterocycles. The van der Waals surface area contributed by atoms with Crippen molar-refractivity contribution in [3.05, 3.63) is 64.7 Å². The lowest BCUT2D eigenvalue weighted by Crippen LogP contribution is -2.06. The van der Waals surface area contributed by atoms with Crippen LogP contribution in [0.15, 0.2) is 42.5 Å². The second-order valence-corrected chi connectivity index (χ2v) is 5.65. The zero-order valence-corrected chi connectivity index (χ0v) is 13.5. The average Bonchev–Trinajstić information content (AvgIpc) is 3.01. The Labute approximate surface area is 145 Å². The molecule has 0 aliphatic rings. The minimum atomic E-state index is -4.43. The van der Waals surface area contributed by atoms with Crippen LogP contribution in [-0.4, -0.2) is 31.3 Å². The molecule has 0 saturated carbocycles. The van der Waals surface area contributed by atoms with Gasteiger partial charge in [0.1, 0.15) is 0 Å². The van der Waals surface area contributed by atoms with E-state index in [1.54, 1.807) is 19.2 Å². The van der Waals surface area contributed by atoms with Crippen molar-refractivity contribution in [1.29, 1.82) is 0 Å². The number of benzene rings is 2. The van der Waals surface area contributed by atoms with Gasteiger partial charge >= 0.3 is 12.1 Å². The van der Waals surface area contributed by atoms with E-state index in [9.17, 15) is 23.1 Å². The number of tetrazole rings is 1. The van der Waals surface area contributed by atoms with Crippen LogP contribution in [0.5, 0.6) is 0 Å². The molecule has 6 nitrogen and oxygen atoms in total. The summed E-state index contributed by atoms with van der Waals surface area (Å²) in [5.41, 5.74) is 0.738. The van der Waals surface area contributed by atoms with Gasteiger partial charge in [-0.1, -0.05) is 24.3 Å². The Bertz CT molecular complexity index is 967. The molecule has 0 amide bonds. The second kappa shape index (κ2) is 6.58. The summed E-state index contributed by atoms with van der Waals surface area (Å²) in [6.45, 7) is 0. The van der Waals surface area contributed by atoms with Crippen LogP contribution in [0, 0.1) is 0 Å². The van der Waals surface area contributed by atoms with E-state index in [4.69, 9.17) is 0 Å². The SMILES string of the molecule is Cn1nnc(-c2cc(C(=O)O)ccc2Cc2cccc(C(F)(F)F)c2)n1. The van der Waals surface area contributed by atoms with E-state index >= 15 is 0 Å². The molecule has 3 rings (SSSR count). The van der Waals surface area contributed by atoms with E-state index in [-0.39, 0.29) is 17.8 Å². The summed E-state index contributed by atoms with van der Waals surface area (Å²) in [4.78, 5) is 12.4. The van der Waals surface area contributed by atoms with Crippen molar-refractivity contribution in [3.63, 3.8) is 0 Å². The highest BCUT2D eigenvalue weighted by molar-refractivity contribution is 5.89. The first-order valence-corrected chi connectivity index (χ1v) is 7.51. The minimum absolute atomic E-state index is 0.0280. The van der Waals surface area contributed by atoms with Crippen LogP contribution in [0.25, 0.3) is 11.4 Å². The van der Waals surface area contributed by atoms with Gasteiger partial charge in [-0.05, 0) is 41.0 Å². The number of alkyl halides is 3. The summed E-state index contributed by atoms with van der Waals surface area (Å²) in [5.74, 6) is -0.918. The Kier molecular flexibility index (Phi) is 4.45. The zero-order valence-electron chi connectivity index (χ0n) is 13.5. The minimum Gasteiger partial charge on any atom is -0.478 e. The Balaban J connectivity index is 2.04. The fourth-order valence-corrected chi connectivity index (χ4v) is 2.54. The first-order valence-electron chi connectivity index (χ1n) is 7.51. The van der Waals surface area contributed by atoms with Crippen molar-refractivity contribution >= 4 is 5.97 Å². The van der Waals surface area contributed by atoms with Crippen LogP contribution in [-0.2, 0) is 19.6 Å². The molecule has 0 fully saturated rings. The standard InChI is InChI=1S/C17H13F3N4O2/c1-24-22-15(21-23-24)14-9-12(16(25)26)6-5-11(14)7-10-3-2-4-13(8-10)17(18,19)20/h2-6,8-9H,7H2,1H3,(H,25,26). The first kappa shape index (κ1) is 17.6. The quantitative estimate of drug-likeness (QED) is 0.771. The Hall–Kier alpha value is -3.23. The largest absolute Gasteiger partial charge is 0.478 e. The number of nitrogens with zero attached hydrogens (tertiary/aromatic N) is 4. The third-order valence-corrected chi connectivity index (χ3v) is 3.75. The molecular weight excluding hydrogens is 349 g/mol. The van der Waals surface area contributed by atoms with Crippen LogP contribution in [0.2, 0.25) is 0 Å². The maximum atomic E-state index is 12.9. The van der Waals surface area contributed by atoms with E-state index in [1.165, 1.54) is 23.0 Å². The fourth-order valence-electron chi connectivity index (χ4n) is 2.54. The highest BCUT2D eigenvalue weighted by Crippen LogP contribution is 2.31. The van der Waals surface area contributed by atoms with Crippen LogP contribution in [0.3, 0.4) is 0 Å². The lowest BCUT2D eigenvalue weighted by Gasteiger charge is -2.11. The van der Waals surface area contributed by atoms with Gasteiger partial charge in [0.25, 0.3) is 0 Å². The predicted molar refractivity (Wildman–Crippen MR) is 85.4 cm³/mol. The van der Waals surface area contributed by atoms with Gasteiger partial charge in [-0.25, -0.2) is 4.79 Å². The second-order valence-electron chi connectivity index (χ2n) is 5.65. The summed E-state index contributed by atoms with van der Waals surface area (Å²) >= 11 is 0. The van der Waals surface area contributed by atoms with E-state index in [0.29, 0.717) is 16.7 Å². The van der Waals surface area contributed by atoms with Crippen molar-refractivity contribution in [2.24, 2.45) is 7.05 Å². The van der Waals surface area contributed by atoms with E-state index in [0.717, 1.165) is 12.1 Å². The smallest absolute Gasteiger partial charge is 0.416 e. The number of rotatable bonds is 4. The molecule has 26 heavy (non-hydrogen) atoms. The van der Waals surface area contributed by atoms with Crippen molar-refractivity contribution in [2.75, 3.05) is 0 Å². The van der Waals surface area contributed by atoms with Gasteiger partial charge in [0, 0.05) is 5.56 Å². The van der Waals surface area contributed by atoms with Crippen molar-refractivity contribution in [2.45, 2.75) is 12.6 Å². The Morgan fingerprint density at radius 2 is 1.96 bits per heavy atom. The number of hydrogen-bond acceptors (Lipinski definition) is 4. The molecule has 9 heteroatoms. The molecule has 0 atom stereocenters. The third kappa shape index (κ3) is 3.71. The van der Waals surface area contributed by atoms with Crippen LogP contribution in [0.1, 0.15) is 27.0 Å². The van der Waals surface area contributed by atoms with Crippen molar-refractivity contribution in [3.8, 4) is 11.4 Å². The van der Waals surface area contributed by atoms with E-state index in [1.807, 2.05) is 0 Å². The number of carboxylic acid groups (broad SMARTS) is 1. The molecule has 0 bridgehead atoms. The lowest BCUT2D eigenvalue weighted by molar-refractivity contribution is -0.137. The third-order valence-electron chi connectivity index (χ3n) is 3.75. The molecule has 0 aliphatic heterocycles. The summed E-state index contributed by atoms with van der Waals surface area (Å²) in [7, 11) is 1.56. The van der Waals surface area contributed by atoms with E-state index < -0.39 is 17.7 Å². The molecule has 0 unspecified atom stereocenters. The van der Waals surface area contributed by atoms with Gasteiger partial charge in [-0.15, -0.1) is 10.2 Å². The Morgan fingerprint density at radius 1 is 1.19 bits per heavy atom. The van der Waals surface area contributed by atoms with Crippen molar-refractivity contribution in [1.82, 2.24) is 20.2 Å². The molecular formula is C17H13F3N4O2. The van der Waals surface area contributed by atoms with Gasteiger partial charge in [0.05, 0.1) is 18.2 Å². The molecule has 0 spiro atoms. The number of hydrogen-bond donors (Lipinski definition) is 1. The summed E-state index contributed by atoms with van der Waals surface area (Å²) in [5, 5.41) is 20.8. The monoisotopic (exact) mass is 362 g/mol. The molecule has 1 heterocycles. The van der Waals surface area contributed by atoms with Gasteiger partial charge in [0.15, 0.2) is 0 Å². The number of carboxylic acids is 1. The molecule has 0 saturated heterocycles. The Morgan fingerprint density at radius 3 is 2.58 bits per heavy atom. The topological polar surface area (TPSA) is 80.9 Å². The summed E-state index contributed by atoms with van der Waals surface area (Å²) in [6.07, 6.45) is -4.27. The highest BCUT2D eigenvalue weighted by atomic mass is 19.4. The molecule has 134 valence electrons. The van der Waals surface area contributed by atoms with Gasteiger partial charge in [-0.3, -0.25) is 0 Å². The zero-order chi connectivity index (χ0) is 18.9. The maximum absolute atomic E-state index is 12.9. The van der Waals surface area contributed by atoms with Crippen LogP contribution >= 0.6 is 0 Å². The highest BCUT2D eigenvalue weighted by Gasteiger charge is 2.30. The molecule has 0 radical (unpaired) electrons. The van der Waals surface area contributed by atoms with Gasteiger partial charge < -0.3 is 5.11 Å². The van der Waals surface area contributed by atoms with Crippen molar-refractivity contribution < 1.29 is 23.1 Å².